The normalized spacial score (nSPS) is 10.4. The minimum absolute atomic E-state index is 0.00621. The van der Waals surface area contributed by atoms with Gasteiger partial charge < -0.3 is 14.8 Å². The molecule has 2 aromatic rings. The maximum absolute atomic E-state index is 12.2. The largest absolute Gasteiger partial charge is 0.489 e. The van der Waals surface area contributed by atoms with Crippen LogP contribution in [0.3, 0.4) is 0 Å². The SMILES string of the molecule is Cc1cc(C)c(OCc2c(C)cccc2NC(=S)OCF)cc1C. The van der Waals surface area contributed by atoms with E-state index in [2.05, 4.69) is 30.0 Å². The van der Waals surface area contributed by atoms with Crippen LogP contribution in [0, 0.1) is 27.7 Å². The Morgan fingerprint density at radius 1 is 1.04 bits per heavy atom. The zero-order valence-corrected chi connectivity index (χ0v) is 15.2. The van der Waals surface area contributed by atoms with Crippen molar-refractivity contribution in [2.75, 3.05) is 12.2 Å². The van der Waals surface area contributed by atoms with Crippen LogP contribution in [-0.2, 0) is 11.3 Å². The smallest absolute Gasteiger partial charge is 0.263 e. The first-order valence-electron chi connectivity index (χ1n) is 7.71. The van der Waals surface area contributed by atoms with Gasteiger partial charge in [-0.3, -0.25) is 0 Å². The van der Waals surface area contributed by atoms with Gasteiger partial charge in [-0.25, -0.2) is 4.39 Å². The van der Waals surface area contributed by atoms with Gasteiger partial charge in [0.1, 0.15) is 12.4 Å². The lowest BCUT2D eigenvalue weighted by atomic mass is 10.1. The number of nitrogens with one attached hydrogen (secondary N) is 1. The molecule has 0 aliphatic carbocycles. The Labute approximate surface area is 147 Å². The quantitative estimate of drug-likeness (QED) is 0.759. The van der Waals surface area contributed by atoms with E-state index < -0.39 is 6.86 Å². The molecule has 0 bridgehead atoms. The second-order valence-corrected chi connectivity index (χ2v) is 6.13. The monoisotopic (exact) mass is 347 g/mol. The van der Waals surface area contributed by atoms with Gasteiger partial charge in [-0.1, -0.05) is 18.2 Å². The first-order chi connectivity index (χ1) is 11.4. The number of ether oxygens (including phenoxy) is 2. The third kappa shape index (κ3) is 4.45. The Morgan fingerprint density at radius 3 is 2.46 bits per heavy atom. The van der Waals surface area contributed by atoms with Crippen LogP contribution in [0.5, 0.6) is 5.75 Å². The third-order valence-electron chi connectivity index (χ3n) is 4.00. The number of alkyl halides is 1. The lowest BCUT2D eigenvalue weighted by Gasteiger charge is -2.17. The number of rotatable bonds is 5. The second kappa shape index (κ2) is 8.11. The van der Waals surface area contributed by atoms with Crippen molar-refractivity contribution in [1.29, 1.82) is 0 Å². The van der Waals surface area contributed by atoms with Crippen molar-refractivity contribution < 1.29 is 13.9 Å². The Balaban J connectivity index is 2.20. The van der Waals surface area contributed by atoms with Gasteiger partial charge in [0.15, 0.2) is 0 Å². The maximum Gasteiger partial charge on any atom is 0.263 e. The third-order valence-corrected chi connectivity index (χ3v) is 4.22. The minimum Gasteiger partial charge on any atom is -0.489 e. The van der Waals surface area contributed by atoms with Gasteiger partial charge in [-0.05, 0) is 74.3 Å². The predicted octanol–water partition coefficient (Wildman–Crippen LogP) is 5.14. The molecule has 2 aromatic carbocycles. The van der Waals surface area contributed by atoms with Crippen molar-refractivity contribution in [3.05, 3.63) is 58.1 Å². The van der Waals surface area contributed by atoms with Gasteiger partial charge in [0.05, 0.1) is 0 Å². The molecule has 0 spiro atoms. The molecule has 0 atom stereocenters. The molecule has 0 fully saturated rings. The highest BCUT2D eigenvalue weighted by atomic mass is 32.1. The van der Waals surface area contributed by atoms with Gasteiger partial charge >= 0.3 is 0 Å². The van der Waals surface area contributed by atoms with Crippen molar-refractivity contribution in [3.8, 4) is 5.75 Å². The first kappa shape index (κ1) is 18.2. The minimum atomic E-state index is -0.953. The van der Waals surface area contributed by atoms with Crippen molar-refractivity contribution in [2.45, 2.75) is 34.3 Å². The van der Waals surface area contributed by atoms with E-state index in [1.54, 1.807) is 0 Å². The summed E-state index contributed by atoms with van der Waals surface area (Å²) in [6.45, 7) is 7.61. The van der Waals surface area contributed by atoms with E-state index in [9.17, 15) is 4.39 Å². The summed E-state index contributed by atoms with van der Waals surface area (Å²) >= 11 is 4.95. The molecular weight excluding hydrogens is 325 g/mol. The molecule has 0 saturated heterocycles. The predicted molar refractivity (Wildman–Crippen MR) is 99.4 cm³/mol. The molecule has 0 heterocycles. The van der Waals surface area contributed by atoms with Gasteiger partial charge in [0, 0.05) is 11.3 Å². The van der Waals surface area contributed by atoms with Crippen LogP contribution in [-0.4, -0.2) is 12.0 Å². The van der Waals surface area contributed by atoms with Crippen molar-refractivity contribution in [3.63, 3.8) is 0 Å². The summed E-state index contributed by atoms with van der Waals surface area (Å²) in [6.07, 6.45) is 0. The maximum atomic E-state index is 12.2. The molecule has 0 aromatic heterocycles. The summed E-state index contributed by atoms with van der Waals surface area (Å²) in [7, 11) is 0. The number of hydrogen-bond acceptors (Lipinski definition) is 3. The molecule has 2 rings (SSSR count). The molecular formula is C19H22FNO2S. The standard InChI is InChI=1S/C19H22FNO2S/c1-12-6-5-7-17(21-19(24)23-11-20)16(12)10-22-18-9-14(3)13(2)8-15(18)4/h5-9H,10-11H2,1-4H3,(H,21,24). The zero-order valence-electron chi connectivity index (χ0n) is 14.4. The van der Waals surface area contributed by atoms with Gasteiger partial charge in [-0.2, -0.15) is 0 Å². The molecule has 0 amide bonds. The van der Waals surface area contributed by atoms with Crippen LogP contribution in [0.2, 0.25) is 0 Å². The second-order valence-electron chi connectivity index (χ2n) is 5.76. The van der Waals surface area contributed by atoms with Crippen molar-refractivity contribution in [1.82, 2.24) is 0 Å². The molecule has 0 radical (unpaired) electrons. The molecule has 0 aliphatic heterocycles. The Morgan fingerprint density at radius 2 is 1.75 bits per heavy atom. The average Bonchev–Trinajstić information content (AvgIpc) is 2.51. The van der Waals surface area contributed by atoms with E-state index in [1.165, 1.54) is 11.1 Å². The fourth-order valence-electron chi connectivity index (χ4n) is 2.45. The van der Waals surface area contributed by atoms with Gasteiger partial charge in [0.2, 0.25) is 6.86 Å². The summed E-state index contributed by atoms with van der Waals surface area (Å²) < 4.78 is 22.9. The molecule has 0 saturated carbocycles. The lowest BCUT2D eigenvalue weighted by molar-refractivity contribution is 0.184. The highest BCUT2D eigenvalue weighted by molar-refractivity contribution is 7.80. The lowest BCUT2D eigenvalue weighted by Crippen LogP contribution is -2.15. The first-order valence-corrected chi connectivity index (χ1v) is 8.12. The van der Waals surface area contributed by atoms with Crippen LogP contribution in [0.4, 0.5) is 10.1 Å². The number of aryl methyl sites for hydroxylation is 4. The summed E-state index contributed by atoms with van der Waals surface area (Å²) in [6, 6.07) is 9.93. The Bertz CT molecular complexity index is 746. The van der Waals surface area contributed by atoms with Crippen molar-refractivity contribution >= 4 is 23.1 Å². The summed E-state index contributed by atoms with van der Waals surface area (Å²) in [4.78, 5) is 0. The highest BCUT2D eigenvalue weighted by Crippen LogP contribution is 2.26. The van der Waals surface area contributed by atoms with E-state index in [0.717, 1.165) is 28.1 Å². The van der Waals surface area contributed by atoms with E-state index in [-0.39, 0.29) is 5.17 Å². The molecule has 3 nitrogen and oxygen atoms in total. The number of benzene rings is 2. The molecule has 5 heteroatoms. The highest BCUT2D eigenvalue weighted by Gasteiger charge is 2.10. The van der Waals surface area contributed by atoms with Crippen LogP contribution in [0.25, 0.3) is 0 Å². The summed E-state index contributed by atoms with van der Waals surface area (Å²) in [5, 5.41) is 2.92. The number of anilines is 1. The topological polar surface area (TPSA) is 30.5 Å². The fraction of sp³-hybridized carbons (Fsp3) is 0.316. The van der Waals surface area contributed by atoms with E-state index >= 15 is 0 Å². The molecule has 24 heavy (non-hydrogen) atoms. The fourth-order valence-corrected chi connectivity index (χ4v) is 2.60. The van der Waals surface area contributed by atoms with E-state index in [0.29, 0.717) is 6.61 Å². The van der Waals surface area contributed by atoms with Gasteiger partial charge in [-0.15, -0.1) is 0 Å². The average molecular weight is 347 g/mol. The number of hydrogen-bond donors (Lipinski definition) is 1. The van der Waals surface area contributed by atoms with Crippen LogP contribution in [0.1, 0.15) is 27.8 Å². The number of thiocarbonyl (C=S) groups is 1. The van der Waals surface area contributed by atoms with Crippen molar-refractivity contribution in [2.24, 2.45) is 0 Å². The molecule has 128 valence electrons. The molecule has 0 aliphatic rings. The van der Waals surface area contributed by atoms with Crippen LogP contribution in [0.15, 0.2) is 30.3 Å². The van der Waals surface area contributed by atoms with Crippen LogP contribution < -0.4 is 10.1 Å². The van der Waals surface area contributed by atoms with Crippen LogP contribution >= 0.6 is 12.2 Å². The summed E-state index contributed by atoms with van der Waals surface area (Å²) in [5.74, 6) is 0.856. The number of halogens is 1. The van der Waals surface area contributed by atoms with Gasteiger partial charge in [0.25, 0.3) is 5.17 Å². The van der Waals surface area contributed by atoms with E-state index in [4.69, 9.17) is 17.0 Å². The Kier molecular flexibility index (Phi) is 6.15. The molecule has 1 N–H and O–H groups in total. The Hall–Kier alpha value is -2.14. The molecule has 0 unspecified atom stereocenters. The zero-order chi connectivity index (χ0) is 17.7. The van der Waals surface area contributed by atoms with E-state index in [1.807, 2.05) is 38.1 Å². The summed E-state index contributed by atoms with van der Waals surface area (Å²) in [5.41, 5.74) is 6.31.